The van der Waals surface area contributed by atoms with Crippen molar-refractivity contribution in [3.05, 3.63) is 28.8 Å². The number of benzene rings is 1. The Hall–Kier alpha value is -0.770. The molecule has 1 N–H and O–H groups in total. The summed E-state index contributed by atoms with van der Waals surface area (Å²) < 4.78 is 5.57. The number of ether oxygens (including phenoxy) is 1. The average molecular weight is 283 g/mol. The van der Waals surface area contributed by atoms with Gasteiger partial charge in [-0.2, -0.15) is 0 Å². The molecule has 3 nitrogen and oxygen atoms in total. The van der Waals surface area contributed by atoms with E-state index in [1.54, 1.807) is 0 Å². The Balaban J connectivity index is 2.14. The lowest BCUT2D eigenvalue weighted by atomic mass is 10.1. The van der Waals surface area contributed by atoms with E-state index >= 15 is 0 Å². The van der Waals surface area contributed by atoms with Crippen LogP contribution in [-0.4, -0.2) is 32.3 Å². The number of hydrogen-bond donors (Lipinski definition) is 1. The molecule has 0 spiro atoms. The van der Waals surface area contributed by atoms with Gasteiger partial charge in [0, 0.05) is 19.1 Å². The van der Waals surface area contributed by atoms with Crippen LogP contribution in [0.5, 0.6) is 0 Å². The van der Waals surface area contributed by atoms with E-state index in [2.05, 4.69) is 49.2 Å². The van der Waals surface area contributed by atoms with Crippen LogP contribution < -0.4 is 10.2 Å². The summed E-state index contributed by atoms with van der Waals surface area (Å²) in [6.07, 6.45) is 0.269. The van der Waals surface area contributed by atoms with Crippen LogP contribution in [0.15, 0.2) is 18.2 Å². The van der Waals surface area contributed by atoms with Crippen molar-refractivity contribution in [3.8, 4) is 0 Å². The van der Waals surface area contributed by atoms with Gasteiger partial charge in [0.15, 0.2) is 0 Å². The van der Waals surface area contributed by atoms with Crippen LogP contribution in [0.3, 0.4) is 0 Å². The highest BCUT2D eigenvalue weighted by atomic mass is 35.5. The molecule has 1 aromatic carbocycles. The molecule has 1 saturated heterocycles. The fourth-order valence-corrected chi connectivity index (χ4v) is 2.82. The summed E-state index contributed by atoms with van der Waals surface area (Å²) >= 11 is 6.44. The highest BCUT2D eigenvalue weighted by Crippen LogP contribution is 2.30. The molecular formula is C15H23ClN2O. The van der Waals surface area contributed by atoms with Gasteiger partial charge < -0.3 is 15.0 Å². The Morgan fingerprint density at radius 2 is 2.32 bits per heavy atom. The second kappa shape index (κ2) is 6.60. The molecular weight excluding hydrogens is 260 g/mol. The molecule has 1 aliphatic heterocycles. The van der Waals surface area contributed by atoms with Gasteiger partial charge in [0.1, 0.15) is 0 Å². The van der Waals surface area contributed by atoms with Crippen molar-refractivity contribution in [3.63, 3.8) is 0 Å². The molecule has 1 fully saturated rings. The Kier molecular flexibility index (Phi) is 5.08. The average Bonchev–Trinajstić information content (AvgIpc) is 2.38. The Labute approximate surface area is 120 Å². The maximum atomic E-state index is 6.44. The zero-order valence-electron chi connectivity index (χ0n) is 11.9. The summed E-state index contributed by atoms with van der Waals surface area (Å²) in [6, 6.07) is 6.70. The predicted molar refractivity (Wildman–Crippen MR) is 81.2 cm³/mol. The van der Waals surface area contributed by atoms with E-state index in [0.29, 0.717) is 6.04 Å². The van der Waals surface area contributed by atoms with Gasteiger partial charge in [-0.15, -0.1) is 0 Å². The molecule has 0 aromatic heterocycles. The van der Waals surface area contributed by atoms with Crippen LogP contribution in [0, 0.1) is 0 Å². The number of morpholine rings is 1. The van der Waals surface area contributed by atoms with Gasteiger partial charge >= 0.3 is 0 Å². The fraction of sp³-hybridized carbons (Fsp3) is 0.600. The monoisotopic (exact) mass is 282 g/mol. The van der Waals surface area contributed by atoms with Crippen molar-refractivity contribution in [2.45, 2.75) is 32.9 Å². The number of hydrogen-bond acceptors (Lipinski definition) is 3. The zero-order valence-corrected chi connectivity index (χ0v) is 12.7. The van der Waals surface area contributed by atoms with E-state index in [1.165, 1.54) is 5.56 Å². The first-order valence-electron chi connectivity index (χ1n) is 7.01. The minimum Gasteiger partial charge on any atom is -0.375 e. The maximum Gasteiger partial charge on any atom is 0.0722 e. The van der Waals surface area contributed by atoms with E-state index in [9.17, 15) is 0 Å². The van der Waals surface area contributed by atoms with Crippen LogP contribution in [0.1, 0.15) is 32.4 Å². The topological polar surface area (TPSA) is 24.5 Å². The maximum absolute atomic E-state index is 6.44. The SMILES string of the molecule is CCNC(C)c1ccc(N2CCOC(C)C2)c(Cl)c1. The molecule has 0 radical (unpaired) electrons. The molecule has 2 unspecified atom stereocenters. The summed E-state index contributed by atoms with van der Waals surface area (Å²) in [5.74, 6) is 0. The zero-order chi connectivity index (χ0) is 13.8. The number of rotatable bonds is 4. The van der Waals surface area contributed by atoms with Crippen LogP contribution in [0.25, 0.3) is 0 Å². The van der Waals surface area contributed by atoms with Crippen LogP contribution in [0.2, 0.25) is 5.02 Å². The number of anilines is 1. The highest BCUT2D eigenvalue weighted by molar-refractivity contribution is 6.33. The van der Waals surface area contributed by atoms with Gasteiger partial charge in [-0.3, -0.25) is 0 Å². The van der Waals surface area contributed by atoms with Crippen molar-refractivity contribution in [2.75, 3.05) is 31.1 Å². The third-order valence-corrected chi connectivity index (χ3v) is 3.87. The summed E-state index contributed by atoms with van der Waals surface area (Å²) in [4.78, 5) is 2.30. The number of nitrogens with one attached hydrogen (secondary N) is 1. The van der Waals surface area contributed by atoms with Crippen molar-refractivity contribution in [2.24, 2.45) is 0 Å². The minimum atomic E-state index is 0.269. The van der Waals surface area contributed by atoms with Gasteiger partial charge in [-0.1, -0.05) is 24.6 Å². The smallest absolute Gasteiger partial charge is 0.0722 e. The van der Waals surface area contributed by atoms with Crippen LogP contribution >= 0.6 is 11.6 Å². The second-order valence-corrected chi connectivity index (χ2v) is 5.52. The number of nitrogens with zero attached hydrogens (tertiary/aromatic N) is 1. The van der Waals surface area contributed by atoms with E-state index < -0.39 is 0 Å². The van der Waals surface area contributed by atoms with Gasteiger partial charge in [0.05, 0.1) is 23.4 Å². The van der Waals surface area contributed by atoms with Gasteiger partial charge in [0.2, 0.25) is 0 Å². The van der Waals surface area contributed by atoms with Crippen molar-refractivity contribution < 1.29 is 4.74 Å². The van der Waals surface area contributed by atoms with E-state index in [4.69, 9.17) is 16.3 Å². The Morgan fingerprint density at radius 1 is 1.53 bits per heavy atom. The molecule has 106 valence electrons. The quantitative estimate of drug-likeness (QED) is 0.918. The van der Waals surface area contributed by atoms with E-state index in [0.717, 1.165) is 37.0 Å². The molecule has 0 aliphatic carbocycles. The summed E-state index contributed by atoms with van der Waals surface area (Å²) in [7, 11) is 0. The summed E-state index contributed by atoms with van der Waals surface area (Å²) in [6.45, 7) is 9.91. The first-order chi connectivity index (χ1) is 9.11. The molecule has 19 heavy (non-hydrogen) atoms. The van der Waals surface area contributed by atoms with E-state index in [1.807, 2.05) is 0 Å². The summed E-state index contributed by atoms with van der Waals surface area (Å²) in [5, 5.41) is 4.23. The fourth-order valence-electron chi connectivity index (χ4n) is 2.51. The standard InChI is InChI=1S/C15H23ClN2O/c1-4-17-12(3)13-5-6-15(14(16)9-13)18-7-8-19-11(2)10-18/h5-6,9,11-12,17H,4,7-8,10H2,1-3H3. The predicted octanol–water partition coefficient (Wildman–Crippen LogP) is 3.24. The molecule has 0 bridgehead atoms. The largest absolute Gasteiger partial charge is 0.375 e. The van der Waals surface area contributed by atoms with E-state index in [-0.39, 0.29) is 6.10 Å². The van der Waals surface area contributed by atoms with Crippen LogP contribution in [0.4, 0.5) is 5.69 Å². The molecule has 1 aromatic rings. The molecule has 2 rings (SSSR count). The Morgan fingerprint density at radius 3 is 2.95 bits per heavy atom. The second-order valence-electron chi connectivity index (χ2n) is 5.12. The van der Waals surface area contributed by atoms with Crippen molar-refractivity contribution in [1.29, 1.82) is 0 Å². The lowest BCUT2D eigenvalue weighted by Crippen LogP contribution is -2.41. The first-order valence-corrected chi connectivity index (χ1v) is 7.39. The molecule has 0 saturated carbocycles. The highest BCUT2D eigenvalue weighted by Gasteiger charge is 2.19. The minimum absolute atomic E-state index is 0.269. The lowest BCUT2D eigenvalue weighted by Gasteiger charge is -2.33. The summed E-state index contributed by atoms with van der Waals surface area (Å²) in [5.41, 5.74) is 2.35. The molecule has 1 aliphatic rings. The van der Waals surface area contributed by atoms with Crippen LogP contribution in [-0.2, 0) is 4.74 Å². The lowest BCUT2D eigenvalue weighted by molar-refractivity contribution is 0.0532. The molecule has 0 amide bonds. The molecule has 1 heterocycles. The molecule has 4 heteroatoms. The Bertz CT molecular complexity index is 425. The molecule has 2 atom stereocenters. The van der Waals surface area contributed by atoms with Crippen molar-refractivity contribution >= 4 is 17.3 Å². The normalized spacial score (nSPS) is 21.5. The number of halogens is 1. The first kappa shape index (κ1) is 14.6. The van der Waals surface area contributed by atoms with Crippen molar-refractivity contribution in [1.82, 2.24) is 5.32 Å². The third-order valence-electron chi connectivity index (χ3n) is 3.56. The van der Waals surface area contributed by atoms with Gasteiger partial charge in [-0.05, 0) is 38.1 Å². The van der Waals surface area contributed by atoms with Gasteiger partial charge in [0.25, 0.3) is 0 Å². The van der Waals surface area contributed by atoms with Gasteiger partial charge in [-0.25, -0.2) is 0 Å². The third kappa shape index (κ3) is 3.62.